The van der Waals surface area contributed by atoms with Crippen LogP contribution in [0.1, 0.15) is 43.7 Å². The monoisotopic (exact) mass is 376 g/mol. The van der Waals surface area contributed by atoms with Gasteiger partial charge in [-0.05, 0) is 61.8 Å². The highest BCUT2D eigenvalue weighted by molar-refractivity contribution is 5.97. The minimum absolute atomic E-state index is 0.000161. The second kappa shape index (κ2) is 8.17. The third-order valence-corrected chi connectivity index (χ3v) is 6.26. The molecule has 1 heterocycles. The predicted molar refractivity (Wildman–Crippen MR) is 112 cm³/mol. The van der Waals surface area contributed by atoms with Crippen molar-refractivity contribution in [3.63, 3.8) is 0 Å². The van der Waals surface area contributed by atoms with Crippen molar-refractivity contribution in [3.8, 4) is 0 Å². The van der Waals surface area contributed by atoms with Crippen LogP contribution in [-0.2, 0) is 22.4 Å². The van der Waals surface area contributed by atoms with E-state index < -0.39 is 0 Å². The van der Waals surface area contributed by atoms with Crippen molar-refractivity contribution in [2.75, 3.05) is 16.8 Å². The highest BCUT2D eigenvalue weighted by Gasteiger charge is 2.34. The molecule has 2 amide bonds. The van der Waals surface area contributed by atoms with Crippen LogP contribution in [0.3, 0.4) is 0 Å². The summed E-state index contributed by atoms with van der Waals surface area (Å²) in [5, 5.41) is 3.11. The number of hydrogen-bond donors (Lipinski definition) is 1. The first-order valence-electron chi connectivity index (χ1n) is 10.5. The third kappa shape index (κ3) is 3.68. The van der Waals surface area contributed by atoms with Gasteiger partial charge in [0.2, 0.25) is 11.8 Å². The van der Waals surface area contributed by atoms with Gasteiger partial charge < -0.3 is 10.2 Å². The van der Waals surface area contributed by atoms with Crippen LogP contribution in [0.2, 0.25) is 0 Å². The summed E-state index contributed by atoms with van der Waals surface area (Å²) in [4.78, 5) is 27.7. The molecule has 1 saturated carbocycles. The lowest BCUT2D eigenvalue weighted by Crippen LogP contribution is -2.38. The van der Waals surface area contributed by atoms with Crippen molar-refractivity contribution < 1.29 is 9.59 Å². The number of carbonyl (C=O) groups excluding carboxylic acids is 2. The summed E-state index contributed by atoms with van der Waals surface area (Å²) in [6.45, 7) is 2.88. The van der Waals surface area contributed by atoms with E-state index in [0.717, 1.165) is 62.0 Å². The van der Waals surface area contributed by atoms with Crippen molar-refractivity contribution in [3.05, 3.63) is 59.7 Å². The maximum atomic E-state index is 13.0. The van der Waals surface area contributed by atoms with Gasteiger partial charge in [-0.2, -0.15) is 0 Å². The summed E-state index contributed by atoms with van der Waals surface area (Å²) in [6, 6.07) is 16.2. The first kappa shape index (κ1) is 18.7. The smallest absolute Gasteiger partial charge is 0.230 e. The molecule has 4 rings (SSSR count). The van der Waals surface area contributed by atoms with Gasteiger partial charge in [-0.15, -0.1) is 0 Å². The van der Waals surface area contributed by atoms with E-state index in [1.54, 1.807) is 0 Å². The molecule has 2 aromatic rings. The largest absolute Gasteiger partial charge is 0.326 e. The summed E-state index contributed by atoms with van der Waals surface area (Å²) in [6.07, 6.45) is 5.00. The van der Waals surface area contributed by atoms with Gasteiger partial charge in [-0.3, -0.25) is 9.59 Å². The second-order valence-corrected chi connectivity index (χ2v) is 7.92. The van der Waals surface area contributed by atoms with E-state index >= 15 is 0 Å². The van der Waals surface area contributed by atoms with Gasteiger partial charge in [0, 0.05) is 29.8 Å². The van der Waals surface area contributed by atoms with E-state index in [4.69, 9.17) is 0 Å². The van der Waals surface area contributed by atoms with Gasteiger partial charge in [0.15, 0.2) is 0 Å². The van der Waals surface area contributed by atoms with E-state index in [9.17, 15) is 9.59 Å². The van der Waals surface area contributed by atoms with Crippen LogP contribution < -0.4 is 10.2 Å². The maximum absolute atomic E-state index is 13.0. The van der Waals surface area contributed by atoms with Crippen LogP contribution in [0, 0.1) is 11.8 Å². The number of nitrogens with zero attached hydrogens (tertiary/aromatic N) is 1. The Labute approximate surface area is 166 Å². The maximum Gasteiger partial charge on any atom is 0.230 e. The quantitative estimate of drug-likeness (QED) is 0.849. The normalized spacial score (nSPS) is 21.2. The summed E-state index contributed by atoms with van der Waals surface area (Å²) in [7, 11) is 0. The second-order valence-electron chi connectivity index (χ2n) is 7.92. The van der Waals surface area contributed by atoms with Crippen molar-refractivity contribution in [1.29, 1.82) is 0 Å². The first-order chi connectivity index (χ1) is 13.7. The lowest BCUT2D eigenvalue weighted by molar-refractivity contribution is -0.126. The molecule has 2 aromatic carbocycles. The van der Waals surface area contributed by atoms with E-state index in [1.807, 2.05) is 41.3 Å². The minimum Gasteiger partial charge on any atom is -0.326 e. The van der Waals surface area contributed by atoms with Crippen LogP contribution >= 0.6 is 0 Å². The molecule has 0 spiro atoms. The average Bonchev–Trinajstić information content (AvgIpc) is 3.18. The number of amides is 2. The van der Waals surface area contributed by atoms with Crippen molar-refractivity contribution in [2.24, 2.45) is 11.8 Å². The first-order valence-corrected chi connectivity index (χ1v) is 10.5. The number of rotatable bonds is 4. The third-order valence-electron chi connectivity index (χ3n) is 6.26. The molecule has 0 atom stereocenters. The summed E-state index contributed by atoms with van der Waals surface area (Å²) in [5.41, 5.74) is 4.41. The van der Waals surface area contributed by atoms with E-state index in [1.165, 1.54) is 5.56 Å². The molecule has 0 saturated heterocycles. The topological polar surface area (TPSA) is 49.4 Å². The zero-order valence-corrected chi connectivity index (χ0v) is 16.5. The zero-order chi connectivity index (χ0) is 19.5. The average molecular weight is 377 g/mol. The lowest BCUT2D eigenvalue weighted by Gasteiger charge is -2.30. The van der Waals surface area contributed by atoms with Crippen LogP contribution in [0.25, 0.3) is 0 Å². The molecule has 28 heavy (non-hydrogen) atoms. The molecule has 1 fully saturated rings. The Morgan fingerprint density at radius 2 is 1.64 bits per heavy atom. The Bertz CT molecular complexity index is 868. The zero-order valence-electron chi connectivity index (χ0n) is 16.5. The molecule has 0 aromatic heterocycles. The lowest BCUT2D eigenvalue weighted by atomic mass is 9.81. The van der Waals surface area contributed by atoms with Crippen LogP contribution in [0.15, 0.2) is 48.5 Å². The van der Waals surface area contributed by atoms with E-state index in [-0.39, 0.29) is 23.7 Å². The Morgan fingerprint density at radius 3 is 2.43 bits per heavy atom. The summed E-state index contributed by atoms with van der Waals surface area (Å²) < 4.78 is 0. The number of carbonyl (C=O) groups is 2. The van der Waals surface area contributed by atoms with Crippen LogP contribution in [-0.4, -0.2) is 18.4 Å². The molecule has 1 aliphatic heterocycles. The van der Waals surface area contributed by atoms with Crippen molar-refractivity contribution >= 4 is 23.2 Å². The highest BCUT2D eigenvalue weighted by Crippen LogP contribution is 2.35. The fraction of sp³-hybridized carbons (Fsp3) is 0.417. The SMILES string of the molecule is CCc1ccccc1NC(=O)C1CCC(C(=O)N2CCc3ccccc32)CC1. The van der Waals surface area contributed by atoms with Gasteiger partial charge in [0.25, 0.3) is 0 Å². The highest BCUT2D eigenvalue weighted by atomic mass is 16.2. The summed E-state index contributed by atoms with van der Waals surface area (Å²) in [5.74, 6) is 0.372. The number of anilines is 2. The number of aryl methyl sites for hydroxylation is 1. The number of hydrogen-bond acceptors (Lipinski definition) is 2. The van der Waals surface area contributed by atoms with Crippen LogP contribution in [0.5, 0.6) is 0 Å². The molecule has 2 aliphatic rings. The molecule has 0 radical (unpaired) electrons. The number of fused-ring (bicyclic) bond motifs is 1. The Hall–Kier alpha value is -2.62. The summed E-state index contributed by atoms with van der Waals surface area (Å²) >= 11 is 0. The fourth-order valence-corrected chi connectivity index (χ4v) is 4.58. The van der Waals surface area contributed by atoms with Gasteiger partial charge >= 0.3 is 0 Å². The molecule has 4 nitrogen and oxygen atoms in total. The molecule has 0 unspecified atom stereocenters. The Balaban J connectivity index is 1.34. The van der Waals surface area contributed by atoms with E-state index in [2.05, 4.69) is 24.4 Å². The van der Waals surface area contributed by atoms with Crippen molar-refractivity contribution in [1.82, 2.24) is 0 Å². The van der Waals surface area contributed by atoms with Gasteiger partial charge in [0.1, 0.15) is 0 Å². The minimum atomic E-state index is -0.000161. The molecular formula is C24H28N2O2. The van der Waals surface area contributed by atoms with Crippen LogP contribution in [0.4, 0.5) is 11.4 Å². The molecule has 4 heteroatoms. The van der Waals surface area contributed by atoms with Gasteiger partial charge in [-0.1, -0.05) is 43.3 Å². The van der Waals surface area contributed by atoms with Gasteiger partial charge in [-0.25, -0.2) is 0 Å². The van der Waals surface area contributed by atoms with E-state index in [0.29, 0.717) is 0 Å². The molecule has 1 aliphatic carbocycles. The number of benzene rings is 2. The predicted octanol–water partition coefficient (Wildman–Crippen LogP) is 4.58. The Kier molecular flexibility index (Phi) is 5.47. The molecule has 1 N–H and O–H groups in total. The van der Waals surface area contributed by atoms with Crippen molar-refractivity contribution in [2.45, 2.75) is 45.4 Å². The molecule has 146 valence electrons. The Morgan fingerprint density at radius 1 is 0.964 bits per heavy atom. The standard InChI is InChI=1S/C24H28N2O2/c1-2-17-7-3-5-9-21(17)25-23(27)19-11-13-20(14-12-19)24(28)26-16-15-18-8-4-6-10-22(18)26/h3-10,19-20H,2,11-16H2,1H3,(H,25,27). The molecular weight excluding hydrogens is 348 g/mol. The number of nitrogens with one attached hydrogen (secondary N) is 1. The molecule has 0 bridgehead atoms. The van der Waals surface area contributed by atoms with Gasteiger partial charge in [0.05, 0.1) is 0 Å². The fourth-order valence-electron chi connectivity index (χ4n) is 4.58. The number of para-hydroxylation sites is 2.